The van der Waals surface area contributed by atoms with Crippen LogP contribution in [-0.2, 0) is 20.7 Å². The Hall–Kier alpha value is -4.12. The van der Waals surface area contributed by atoms with E-state index in [0.29, 0.717) is 30.4 Å². The van der Waals surface area contributed by atoms with E-state index in [1.807, 2.05) is 79.7 Å². The molecule has 5 rings (SSSR count). The maximum atomic E-state index is 13.7. The first-order valence-corrected chi connectivity index (χ1v) is 12.7. The van der Waals surface area contributed by atoms with Gasteiger partial charge < -0.3 is 14.8 Å². The van der Waals surface area contributed by atoms with Crippen molar-refractivity contribution in [2.45, 2.75) is 38.0 Å². The smallest absolute Gasteiger partial charge is 0.336 e. The first kappa shape index (κ1) is 24.6. The second-order valence-electron chi connectivity index (χ2n) is 9.57. The Morgan fingerprint density at radius 1 is 0.892 bits per heavy atom. The van der Waals surface area contributed by atoms with E-state index in [9.17, 15) is 9.59 Å². The first-order valence-electron chi connectivity index (χ1n) is 12.7. The number of nitrogens with one attached hydrogen (secondary N) is 1. The summed E-state index contributed by atoms with van der Waals surface area (Å²) in [6.45, 7) is 2.16. The minimum atomic E-state index is -0.490. The zero-order valence-electron chi connectivity index (χ0n) is 21.2. The number of hydrogen-bond donors (Lipinski definition) is 1. The van der Waals surface area contributed by atoms with Gasteiger partial charge in [0.1, 0.15) is 5.75 Å². The van der Waals surface area contributed by atoms with Gasteiger partial charge in [-0.25, -0.2) is 4.79 Å². The quantitative estimate of drug-likeness (QED) is 0.419. The fourth-order valence-electron chi connectivity index (χ4n) is 5.38. The average Bonchev–Trinajstić information content (AvgIpc) is 2.93. The van der Waals surface area contributed by atoms with E-state index in [4.69, 9.17) is 9.47 Å². The number of esters is 1. The molecule has 0 saturated carbocycles. The molecule has 0 saturated heterocycles. The number of rotatable bonds is 7. The fraction of sp³-hybridized carbons (Fsp3) is 0.250. The molecule has 5 heteroatoms. The summed E-state index contributed by atoms with van der Waals surface area (Å²) >= 11 is 0. The van der Waals surface area contributed by atoms with Gasteiger partial charge in [0.05, 0.1) is 19.3 Å². The van der Waals surface area contributed by atoms with E-state index in [2.05, 4.69) is 17.4 Å². The number of carbonyl (C=O) groups excluding carboxylic acids is 2. The van der Waals surface area contributed by atoms with Gasteiger partial charge in [0.25, 0.3) is 0 Å². The highest BCUT2D eigenvalue weighted by Crippen LogP contribution is 2.45. The van der Waals surface area contributed by atoms with Crippen LogP contribution in [0.3, 0.4) is 0 Å². The summed E-state index contributed by atoms with van der Waals surface area (Å²) < 4.78 is 11.1. The molecule has 1 aliphatic carbocycles. The van der Waals surface area contributed by atoms with Crippen molar-refractivity contribution < 1.29 is 19.1 Å². The Balaban J connectivity index is 1.46. The van der Waals surface area contributed by atoms with Crippen molar-refractivity contribution >= 4 is 11.8 Å². The molecule has 188 valence electrons. The molecule has 2 unspecified atom stereocenters. The van der Waals surface area contributed by atoms with Gasteiger partial charge in [-0.15, -0.1) is 0 Å². The van der Waals surface area contributed by atoms with Gasteiger partial charge in [-0.3, -0.25) is 4.79 Å². The van der Waals surface area contributed by atoms with Gasteiger partial charge in [0.15, 0.2) is 5.78 Å². The van der Waals surface area contributed by atoms with E-state index in [1.54, 1.807) is 7.11 Å². The van der Waals surface area contributed by atoms with Gasteiger partial charge in [0, 0.05) is 35.7 Å². The summed E-state index contributed by atoms with van der Waals surface area (Å²) in [5, 5.41) is 3.42. The van der Waals surface area contributed by atoms with E-state index in [-0.39, 0.29) is 18.3 Å². The number of hydrogen-bond acceptors (Lipinski definition) is 5. The molecule has 2 aliphatic rings. The Morgan fingerprint density at radius 3 is 2.24 bits per heavy atom. The van der Waals surface area contributed by atoms with Gasteiger partial charge in [0.2, 0.25) is 0 Å². The largest absolute Gasteiger partial charge is 0.497 e. The van der Waals surface area contributed by atoms with Crippen LogP contribution in [0.2, 0.25) is 0 Å². The number of ketones is 1. The van der Waals surface area contributed by atoms with E-state index >= 15 is 0 Å². The lowest BCUT2D eigenvalue weighted by molar-refractivity contribution is -0.139. The lowest BCUT2D eigenvalue weighted by Crippen LogP contribution is -2.36. The molecule has 37 heavy (non-hydrogen) atoms. The molecule has 0 amide bonds. The van der Waals surface area contributed by atoms with Crippen molar-refractivity contribution in [1.29, 1.82) is 0 Å². The Bertz CT molecular complexity index is 1340. The summed E-state index contributed by atoms with van der Waals surface area (Å²) in [5.41, 5.74) is 5.90. The standard InChI is InChI=1S/C32H31NO4/c1-21-29(32(35)37-18-17-22-9-5-3-6-10-22)30(24-13-15-26(36-2)16-14-24)31-27(33-21)19-25(20-28(31)34)23-11-7-4-8-12-23/h3-16,25,30,33H,17-20H2,1-2H3. The van der Waals surface area contributed by atoms with Crippen molar-refractivity contribution in [3.63, 3.8) is 0 Å². The van der Waals surface area contributed by atoms with E-state index in [1.165, 1.54) is 0 Å². The second-order valence-corrected chi connectivity index (χ2v) is 9.57. The summed E-state index contributed by atoms with van der Waals surface area (Å²) in [6, 6.07) is 27.7. The lowest BCUT2D eigenvalue weighted by atomic mass is 9.72. The molecule has 0 bridgehead atoms. The normalized spacial score (nSPS) is 19.2. The zero-order valence-corrected chi connectivity index (χ0v) is 21.2. The van der Waals surface area contributed by atoms with Gasteiger partial charge in [-0.05, 0) is 48.1 Å². The van der Waals surface area contributed by atoms with Crippen molar-refractivity contribution in [3.8, 4) is 5.75 Å². The van der Waals surface area contributed by atoms with Crippen LogP contribution in [0.4, 0.5) is 0 Å². The summed E-state index contributed by atoms with van der Waals surface area (Å²) in [5.74, 6) is -0.00489. The van der Waals surface area contributed by atoms with Crippen LogP contribution >= 0.6 is 0 Å². The molecule has 5 nitrogen and oxygen atoms in total. The number of ether oxygens (including phenoxy) is 2. The molecule has 1 N–H and O–H groups in total. The van der Waals surface area contributed by atoms with Crippen LogP contribution in [0.25, 0.3) is 0 Å². The number of carbonyl (C=O) groups is 2. The Morgan fingerprint density at radius 2 is 1.57 bits per heavy atom. The van der Waals surface area contributed by atoms with Crippen LogP contribution in [0.15, 0.2) is 107 Å². The van der Waals surface area contributed by atoms with Crippen molar-refractivity contribution in [2.75, 3.05) is 13.7 Å². The highest BCUT2D eigenvalue weighted by Gasteiger charge is 2.41. The average molecular weight is 494 g/mol. The number of Topliss-reactive ketones (excluding diaryl/α,β-unsaturated/α-hetero) is 1. The molecule has 0 aromatic heterocycles. The van der Waals surface area contributed by atoms with Gasteiger partial charge in [-0.1, -0.05) is 72.8 Å². The monoisotopic (exact) mass is 493 g/mol. The number of dihydropyridines is 1. The third kappa shape index (κ3) is 5.21. The SMILES string of the molecule is COc1ccc(C2C(C(=O)OCCc3ccccc3)=C(C)NC3=C2C(=O)CC(c2ccccc2)C3)cc1. The summed E-state index contributed by atoms with van der Waals surface area (Å²) in [7, 11) is 1.62. The predicted molar refractivity (Wildman–Crippen MR) is 143 cm³/mol. The molecule has 0 spiro atoms. The molecule has 1 aliphatic heterocycles. The minimum absolute atomic E-state index is 0.0607. The van der Waals surface area contributed by atoms with Crippen LogP contribution < -0.4 is 10.1 Å². The predicted octanol–water partition coefficient (Wildman–Crippen LogP) is 5.84. The van der Waals surface area contributed by atoms with Crippen LogP contribution in [-0.4, -0.2) is 25.5 Å². The maximum absolute atomic E-state index is 13.7. The summed E-state index contributed by atoms with van der Waals surface area (Å²) in [6.07, 6.45) is 1.75. The highest BCUT2D eigenvalue weighted by atomic mass is 16.5. The fourth-order valence-corrected chi connectivity index (χ4v) is 5.38. The lowest BCUT2D eigenvalue weighted by Gasteiger charge is -2.36. The number of methoxy groups -OCH3 is 1. The molecule has 0 fully saturated rings. The maximum Gasteiger partial charge on any atom is 0.336 e. The van der Waals surface area contributed by atoms with Gasteiger partial charge >= 0.3 is 5.97 Å². The molecule has 1 heterocycles. The van der Waals surface area contributed by atoms with E-state index in [0.717, 1.165) is 33.8 Å². The second kappa shape index (κ2) is 10.9. The molecule has 0 radical (unpaired) electrons. The van der Waals surface area contributed by atoms with Crippen LogP contribution in [0, 0.1) is 0 Å². The third-order valence-corrected chi connectivity index (χ3v) is 7.23. The van der Waals surface area contributed by atoms with Crippen LogP contribution in [0.5, 0.6) is 5.75 Å². The highest BCUT2D eigenvalue weighted by molar-refractivity contribution is 6.04. The van der Waals surface area contributed by atoms with Crippen LogP contribution in [0.1, 0.15) is 48.3 Å². The topological polar surface area (TPSA) is 64.6 Å². The Labute approximate surface area is 217 Å². The minimum Gasteiger partial charge on any atom is -0.497 e. The first-order chi connectivity index (χ1) is 18.0. The van der Waals surface area contributed by atoms with E-state index < -0.39 is 11.9 Å². The molecule has 2 atom stereocenters. The number of allylic oxidation sites excluding steroid dienone is 3. The van der Waals surface area contributed by atoms with Crippen molar-refractivity contribution in [2.24, 2.45) is 0 Å². The molecular formula is C32H31NO4. The molecular weight excluding hydrogens is 462 g/mol. The van der Waals surface area contributed by atoms with Gasteiger partial charge in [-0.2, -0.15) is 0 Å². The molecule has 3 aromatic rings. The zero-order chi connectivity index (χ0) is 25.8. The van der Waals surface area contributed by atoms with Crippen molar-refractivity contribution in [1.82, 2.24) is 5.32 Å². The molecule has 3 aromatic carbocycles. The Kier molecular flexibility index (Phi) is 7.22. The summed E-state index contributed by atoms with van der Waals surface area (Å²) in [4.78, 5) is 27.2. The third-order valence-electron chi connectivity index (χ3n) is 7.23. The number of benzene rings is 3. The van der Waals surface area contributed by atoms with Crippen molar-refractivity contribution in [3.05, 3.63) is 124 Å².